The van der Waals surface area contributed by atoms with E-state index in [0.717, 1.165) is 11.3 Å². The van der Waals surface area contributed by atoms with Crippen LogP contribution in [0.25, 0.3) is 0 Å². The monoisotopic (exact) mass is 251 g/mol. The Labute approximate surface area is 108 Å². The van der Waals surface area contributed by atoms with Crippen molar-refractivity contribution in [3.05, 3.63) is 29.8 Å². The topological polar surface area (TPSA) is 67.6 Å². The molecule has 18 heavy (non-hydrogen) atoms. The molecule has 1 aromatic rings. The minimum atomic E-state index is -0.00577. The summed E-state index contributed by atoms with van der Waals surface area (Å²) in [5.74, 6) is 0.788. The number of hydrogen-bond donors (Lipinski definition) is 2. The molecule has 0 spiro atoms. The Balaban J connectivity index is 2.37. The molecule has 0 aromatic heterocycles. The summed E-state index contributed by atoms with van der Waals surface area (Å²) in [6.45, 7) is 2.14. The first-order chi connectivity index (χ1) is 8.65. The lowest BCUT2D eigenvalue weighted by Crippen LogP contribution is -2.37. The van der Waals surface area contributed by atoms with Crippen molar-refractivity contribution < 1.29 is 9.53 Å². The van der Waals surface area contributed by atoms with Crippen molar-refractivity contribution in [2.75, 3.05) is 33.8 Å². The van der Waals surface area contributed by atoms with Crippen molar-refractivity contribution in [1.82, 2.24) is 10.2 Å². The number of nitrogens with one attached hydrogen (secondary N) is 1. The van der Waals surface area contributed by atoms with Crippen molar-refractivity contribution in [3.8, 4) is 5.75 Å². The summed E-state index contributed by atoms with van der Waals surface area (Å²) in [4.78, 5) is 13.5. The molecule has 1 aromatic carbocycles. The molecule has 0 saturated carbocycles. The van der Waals surface area contributed by atoms with Gasteiger partial charge in [-0.05, 0) is 24.7 Å². The molecule has 0 aliphatic heterocycles. The van der Waals surface area contributed by atoms with Gasteiger partial charge in [0, 0.05) is 19.6 Å². The van der Waals surface area contributed by atoms with Crippen LogP contribution in [0.15, 0.2) is 24.3 Å². The van der Waals surface area contributed by atoms with E-state index in [0.29, 0.717) is 26.2 Å². The summed E-state index contributed by atoms with van der Waals surface area (Å²) in [5.41, 5.74) is 6.43. The first kappa shape index (κ1) is 14.5. The van der Waals surface area contributed by atoms with E-state index in [4.69, 9.17) is 10.5 Å². The van der Waals surface area contributed by atoms with Crippen molar-refractivity contribution in [2.45, 2.75) is 6.54 Å². The van der Waals surface area contributed by atoms with E-state index < -0.39 is 0 Å². The molecule has 0 saturated heterocycles. The highest BCUT2D eigenvalue weighted by atomic mass is 16.5. The van der Waals surface area contributed by atoms with Gasteiger partial charge in [0.25, 0.3) is 0 Å². The van der Waals surface area contributed by atoms with E-state index in [-0.39, 0.29) is 5.91 Å². The number of likely N-dealkylation sites (N-methyl/N-ethyl adjacent to an activating group) is 1. The minimum Gasteiger partial charge on any atom is -0.497 e. The lowest BCUT2D eigenvalue weighted by Gasteiger charge is -2.15. The molecule has 1 rings (SSSR count). The summed E-state index contributed by atoms with van der Waals surface area (Å²) in [7, 11) is 3.50. The SMILES string of the molecule is COc1cccc(CNC(=O)CN(C)CCN)c1. The predicted molar refractivity (Wildman–Crippen MR) is 71.4 cm³/mol. The second kappa shape index (κ2) is 7.68. The molecule has 0 atom stereocenters. The molecule has 0 bridgehead atoms. The maximum absolute atomic E-state index is 11.6. The number of carbonyl (C=O) groups is 1. The van der Waals surface area contributed by atoms with Gasteiger partial charge in [-0.2, -0.15) is 0 Å². The Morgan fingerprint density at radius 3 is 2.94 bits per heavy atom. The highest BCUT2D eigenvalue weighted by Gasteiger charge is 2.05. The molecule has 100 valence electrons. The maximum atomic E-state index is 11.6. The van der Waals surface area contributed by atoms with Gasteiger partial charge in [-0.3, -0.25) is 9.69 Å². The van der Waals surface area contributed by atoms with E-state index in [1.165, 1.54) is 0 Å². The molecule has 1 amide bonds. The normalized spacial score (nSPS) is 10.4. The lowest BCUT2D eigenvalue weighted by atomic mass is 10.2. The molecule has 3 N–H and O–H groups in total. The molecule has 0 radical (unpaired) electrons. The molecule has 0 unspecified atom stereocenters. The van der Waals surface area contributed by atoms with Gasteiger partial charge in [0.05, 0.1) is 13.7 Å². The summed E-state index contributed by atoms with van der Waals surface area (Å²) in [6, 6.07) is 7.64. The summed E-state index contributed by atoms with van der Waals surface area (Å²) in [6.07, 6.45) is 0. The lowest BCUT2D eigenvalue weighted by molar-refractivity contribution is -0.122. The van der Waals surface area contributed by atoms with Crippen LogP contribution in [0.2, 0.25) is 0 Å². The Kier molecular flexibility index (Phi) is 6.18. The summed E-state index contributed by atoms with van der Waals surface area (Å²) >= 11 is 0. The first-order valence-corrected chi connectivity index (χ1v) is 5.94. The van der Waals surface area contributed by atoms with Crippen LogP contribution in [0.1, 0.15) is 5.56 Å². The summed E-state index contributed by atoms with van der Waals surface area (Å²) in [5, 5.41) is 2.86. The third-order valence-electron chi connectivity index (χ3n) is 2.55. The highest BCUT2D eigenvalue weighted by molar-refractivity contribution is 5.77. The van der Waals surface area contributed by atoms with Crippen LogP contribution in [-0.4, -0.2) is 44.6 Å². The molecule has 5 heteroatoms. The molecule has 0 aliphatic rings. The summed E-state index contributed by atoms with van der Waals surface area (Å²) < 4.78 is 5.12. The van der Waals surface area contributed by atoms with E-state index >= 15 is 0 Å². The van der Waals surface area contributed by atoms with Gasteiger partial charge < -0.3 is 15.8 Å². The van der Waals surface area contributed by atoms with E-state index in [2.05, 4.69) is 5.32 Å². The molecular formula is C13H21N3O2. The van der Waals surface area contributed by atoms with Gasteiger partial charge in [-0.1, -0.05) is 12.1 Å². The van der Waals surface area contributed by atoms with Crippen molar-refractivity contribution in [1.29, 1.82) is 0 Å². The molecular weight excluding hydrogens is 230 g/mol. The largest absolute Gasteiger partial charge is 0.497 e. The number of ether oxygens (including phenoxy) is 1. The van der Waals surface area contributed by atoms with Crippen LogP contribution in [0.3, 0.4) is 0 Å². The third kappa shape index (κ3) is 5.16. The second-order valence-electron chi connectivity index (χ2n) is 4.15. The van der Waals surface area contributed by atoms with E-state index in [9.17, 15) is 4.79 Å². The number of carbonyl (C=O) groups excluding carboxylic acids is 1. The standard InChI is InChI=1S/C13H21N3O2/c1-16(7-6-14)10-13(17)15-9-11-4-3-5-12(8-11)18-2/h3-5,8H,6-7,9-10,14H2,1-2H3,(H,15,17). The number of amides is 1. The number of hydrogen-bond acceptors (Lipinski definition) is 4. The molecule has 0 fully saturated rings. The predicted octanol–water partition coefficient (Wildman–Crippen LogP) is 0.202. The van der Waals surface area contributed by atoms with Crippen LogP contribution in [0, 0.1) is 0 Å². The Hall–Kier alpha value is -1.59. The van der Waals surface area contributed by atoms with Crippen LogP contribution in [-0.2, 0) is 11.3 Å². The highest BCUT2D eigenvalue weighted by Crippen LogP contribution is 2.11. The zero-order chi connectivity index (χ0) is 13.4. The average molecular weight is 251 g/mol. The fourth-order valence-electron chi connectivity index (χ4n) is 1.58. The quantitative estimate of drug-likeness (QED) is 0.726. The van der Waals surface area contributed by atoms with Crippen LogP contribution in [0.5, 0.6) is 5.75 Å². The van der Waals surface area contributed by atoms with Crippen molar-refractivity contribution >= 4 is 5.91 Å². The van der Waals surface area contributed by atoms with Crippen LogP contribution < -0.4 is 15.8 Å². The zero-order valence-electron chi connectivity index (χ0n) is 11.0. The van der Waals surface area contributed by atoms with E-state index in [1.807, 2.05) is 36.2 Å². The number of benzene rings is 1. The molecule has 0 aliphatic carbocycles. The number of rotatable bonds is 7. The second-order valence-corrected chi connectivity index (χ2v) is 4.15. The van der Waals surface area contributed by atoms with Crippen molar-refractivity contribution in [2.24, 2.45) is 5.73 Å². The Morgan fingerprint density at radius 1 is 1.50 bits per heavy atom. The van der Waals surface area contributed by atoms with Gasteiger partial charge >= 0.3 is 0 Å². The minimum absolute atomic E-state index is 0.00577. The molecule has 0 heterocycles. The number of nitrogens with two attached hydrogens (primary N) is 1. The van der Waals surface area contributed by atoms with Crippen LogP contribution in [0.4, 0.5) is 0 Å². The maximum Gasteiger partial charge on any atom is 0.234 e. The smallest absolute Gasteiger partial charge is 0.234 e. The fraction of sp³-hybridized carbons (Fsp3) is 0.462. The number of methoxy groups -OCH3 is 1. The van der Waals surface area contributed by atoms with E-state index in [1.54, 1.807) is 7.11 Å². The Bertz CT molecular complexity index is 382. The van der Waals surface area contributed by atoms with Crippen LogP contribution >= 0.6 is 0 Å². The van der Waals surface area contributed by atoms with Gasteiger partial charge in [0.15, 0.2) is 0 Å². The van der Waals surface area contributed by atoms with Gasteiger partial charge in [0.1, 0.15) is 5.75 Å². The first-order valence-electron chi connectivity index (χ1n) is 5.94. The van der Waals surface area contributed by atoms with Gasteiger partial charge in [-0.25, -0.2) is 0 Å². The average Bonchev–Trinajstić information content (AvgIpc) is 2.37. The fourth-order valence-corrected chi connectivity index (χ4v) is 1.58. The van der Waals surface area contributed by atoms with Gasteiger partial charge in [-0.15, -0.1) is 0 Å². The third-order valence-corrected chi connectivity index (χ3v) is 2.55. The van der Waals surface area contributed by atoms with Gasteiger partial charge in [0.2, 0.25) is 5.91 Å². The Morgan fingerprint density at radius 2 is 2.28 bits per heavy atom. The molecule has 5 nitrogen and oxygen atoms in total. The zero-order valence-corrected chi connectivity index (χ0v) is 11.0. The van der Waals surface area contributed by atoms with Crippen molar-refractivity contribution in [3.63, 3.8) is 0 Å². The number of nitrogens with zero attached hydrogens (tertiary/aromatic N) is 1.